The Labute approximate surface area is 172 Å². The van der Waals surface area contributed by atoms with Gasteiger partial charge in [0.15, 0.2) is 5.11 Å². The van der Waals surface area contributed by atoms with Crippen molar-refractivity contribution in [3.05, 3.63) is 65.5 Å². The third-order valence-electron chi connectivity index (χ3n) is 6.05. The number of nitrogens with one attached hydrogen (secondary N) is 2. The summed E-state index contributed by atoms with van der Waals surface area (Å²) in [6, 6.07) is 16.9. The van der Waals surface area contributed by atoms with Gasteiger partial charge in [-0.1, -0.05) is 36.2 Å². The molecule has 4 rings (SSSR count). The third-order valence-corrected chi connectivity index (χ3v) is 6.27. The van der Waals surface area contributed by atoms with Crippen molar-refractivity contribution in [2.45, 2.75) is 63.7 Å². The third kappa shape index (κ3) is 4.70. The number of benzene rings is 2. The summed E-state index contributed by atoms with van der Waals surface area (Å²) in [5.41, 5.74) is 3.53. The standard InChI is InChI=1S/C23H28FN3S/c1-16-5-7-17(8-6-16)15-27-21-3-2-4-22(27)14-20(13-21)26-23(28)25-19-11-9-18(24)10-12-19/h5-12,20-22H,2-4,13-15H2,1H3,(H2,25,26,28)/t21-,22-/m0/s1. The smallest absolute Gasteiger partial charge is 0.170 e. The Morgan fingerprint density at radius 2 is 1.68 bits per heavy atom. The summed E-state index contributed by atoms with van der Waals surface area (Å²) in [6.07, 6.45) is 6.09. The number of thiocarbonyl (C=S) groups is 1. The van der Waals surface area contributed by atoms with E-state index in [-0.39, 0.29) is 5.82 Å². The van der Waals surface area contributed by atoms with Gasteiger partial charge in [-0.05, 0) is 74.7 Å². The molecule has 0 amide bonds. The number of anilines is 1. The van der Waals surface area contributed by atoms with Crippen molar-refractivity contribution in [1.82, 2.24) is 10.2 Å². The molecule has 3 nitrogen and oxygen atoms in total. The summed E-state index contributed by atoms with van der Waals surface area (Å²) in [6.45, 7) is 3.18. The Morgan fingerprint density at radius 1 is 1.04 bits per heavy atom. The molecule has 2 N–H and O–H groups in total. The largest absolute Gasteiger partial charge is 0.360 e. The van der Waals surface area contributed by atoms with E-state index in [1.54, 1.807) is 12.1 Å². The number of halogens is 1. The summed E-state index contributed by atoms with van der Waals surface area (Å²) >= 11 is 5.50. The molecule has 0 saturated carbocycles. The summed E-state index contributed by atoms with van der Waals surface area (Å²) in [5, 5.41) is 7.31. The molecule has 0 radical (unpaired) electrons. The second kappa shape index (κ2) is 8.58. The highest BCUT2D eigenvalue weighted by atomic mass is 32.1. The number of nitrogens with zero attached hydrogens (tertiary/aromatic N) is 1. The first-order valence-corrected chi connectivity index (χ1v) is 10.6. The van der Waals surface area contributed by atoms with E-state index in [1.807, 2.05) is 0 Å². The van der Waals surface area contributed by atoms with Crippen LogP contribution in [0.25, 0.3) is 0 Å². The van der Waals surface area contributed by atoms with Gasteiger partial charge in [0.25, 0.3) is 0 Å². The summed E-state index contributed by atoms with van der Waals surface area (Å²) in [7, 11) is 0. The second-order valence-corrected chi connectivity index (χ2v) is 8.58. The lowest BCUT2D eigenvalue weighted by molar-refractivity contribution is 0.0212. The first-order chi connectivity index (χ1) is 13.6. The van der Waals surface area contributed by atoms with Crippen LogP contribution in [0.5, 0.6) is 0 Å². The lowest BCUT2D eigenvalue weighted by Crippen LogP contribution is -2.56. The SMILES string of the molecule is Cc1ccc(CN2[C@H]3CCC[C@H]2CC(NC(=S)Nc2ccc(F)cc2)C3)cc1. The van der Waals surface area contributed by atoms with Gasteiger partial charge in [0.1, 0.15) is 5.82 Å². The van der Waals surface area contributed by atoms with Crippen LogP contribution in [0.4, 0.5) is 10.1 Å². The monoisotopic (exact) mass is 397 g/mol. The highest BCUT2D eigenvalue weighted by Crippen LogP contribution is 2.35. The van der Waals surface area contributed by atoms with Crippen molar-refractivity contribution in [3.8, 4) is 0 Å². The highest BCUT2D eigenvalue weighted by molar-refractivity contribution is 7.80. The summed E-state index contributed by atoms with van der Waals surface area (Å²) in [4.78, 5) is 2.71. The Kier molecular flexibility index (Phi) is 5.93. The van der Waals surface area contributed by atoms with Gasteiger partial charge in [-0.15, -0.1) is 0 Å². The van der Waals surface area contributed by atoms with Crippen molar-refractivity contribution < 1.29 is 4.39 Å². The van der Waals surface area contributed by atoms with Gasteiger partial charge < -0.3 is 10.6 Å². The lowest BCUT2D eigenvalue weighted by Gasteiger charge is -2.49. The van der Waals surface area contributed by atoms with Gasteiger partial charge >= 0.3 is 0 Å². The fourth-order valence-corrected chi connectivity index (χ4v) is 4.93. The first kappa shape index (κ1) is 19.3. The molecule has 2 aromatic carbocycles. The van der Waals surface area contributed by atoms with Crippen molar-refractivity contribution in [2.24, 2.45) is 0 Å². The minimum atomic E-state index is -0.238. The Hall–Kier alpha value is -1.98. The van der Waals surface area contributed by atoms with E-state index in [0.717, 1.165) is 25.1 Å². The number of hydrogen-bond acceptors (Lipinski definition) is 2. The van der Waals surface area contributed by atoms with E-state index in [2.05, 4.69) is 46.7 Å². The molecule has 0 aromatic heterocycles. The van der Waals surface area contributed by atoms with Crippen LogP contribution in [0.2, 0.25) is 0 Å². The molecule has 28 heavy (non-hydrogen) atoms. The van der Waals surface area contributed by atoms with Gasteiger partial charge in [0.2, 0.25) is 0 Å². The normalized spacial score (nSPS) is 24.6. The predicted molar refractivity (Wildman–Crippen MR) is 117 cm³/mol. The number of piperidine rings is 2. The maximum absolute atomic E-state index is 13.1. The van der Waals surface area contributed by atoms with Crippen LogP contribution in [-0.4, -0.2) is 28.1 Å². The average Bonchev–Trinajstić information content (AvgIpc) is 2.66. The maximum atomic E-state index is 13.1. The van der Waals surface area contributed by atoms with Crippen molar-refractivity contribution >= 4 is 23.0 Å². The maximum Gasteiger partial charge on any atom is 0.170 e. The minimum Gasteiger partial charge on any atom is -0.360 e. The van der Waals surface area contributed by atoms with Gasteiger partial charge in [-0.2, -0.15) is 0 Å². The Balaban J connectivity index is 1.35. The summed E-state index contributed by atoms with van der Waals surface area (Å²) in [5.74, 6) is -0.238. The topological polar surface area (TPSA) is 27.3 Å². The van der Waals surface area contributed by atoms with E-state index < -0.39 is 0 Å². The van der Waals surface area contributed by atoms with E-state index in [4.69, 9.17) is 12.2 Å². The predicted octanol–water partition coefficient (Wildman–Crippen LogP) is 5.01. The zero-order valence-corrected chi connectivity index (χ0v) is 17.1. The average molecular weight is 398 g/mol. The number of hydrogen-bond donors (Lipinski definition) is 2. The Bertz CT molecular complexity index is 792. The molecule has 2 aliphatic heterocycles. The first-order valence-electron chi connectivity index (χ1n) is 10.2. The lowest BCUT2D eigenvalue weighted by atomic mass is 9.81. The molecule has 0 unspecified atom stereocenters. The van der Waals surface area contributed by atoms with E-state index in [1.165, 1.54) is 42.5 Å². The molecular weight excluding hydrogens is 369 g/mol. The zero-order valence-electron chi connectivity index (χ0n) is 16.3. The molecule has 148 valence electrons. The van der Waals surface area contributed by atoms with Crippen molar-refractivity contribution in [2.75, 3.05) is 5.32 Å². The van der Waals surface area contributed by atoms with Gasteiger partial charge in [0, 0.05) is 30.4 Å². The highest BCUT2D eigenvalue weighted by Gasteiger charge is 2.38. The molecule has 2 bridgehead atoms. The van der Waals surface area contributed by atoms with Crippen LogP contribution in [-0.2, 0) is 6.54 Å². The summed E-state index contributed by atoms with van der Waals surface area (Å²) < 4.78 is 13.1. The van der Waals surface area contributed by atoms with Gasteiger partial charge in [-0.3, -0.25) is 4.90 Å². The fourth-order valence-electron chi connectivity index (χ4n) is 4.64. The molecule has 2 atom stereocenters. The molecule has 2 saturated heterocycles. The Morgan fingerprint density at radius 3 is 2.32 bits per heavy atom. The minimum absolute atomic E-state index is 0.238. The quantitative estimate of drug-likeness (QED) is 0.710. The molecule has 5 heteroatoms. The van der Waals surface area contributed by atoms with Crippen LogP contribution < -0.4 is 10.6 Å². The van der Waals surface area contributed by atoms with Crippen LogP contribution in [0.15, 0.2) is 48.5 Å². The second-order valence-electron chi connectivity index (χ2n) is 8.17. The molecule has 0 spiro atoms. The van der Waals surface area contributed by atoms with E-state index in [0.29, 0.717) is 23.2 Å². The number of fused-ring (bicyclic) bond motifs is 2. The molecule has 2 aromatic rings. The van der Waals surface area contributed by atoms with Crippen LogP contribution in [0.3, 0.4) is 0 Å². The molecule has 2 aliphatic rings. The molecule has 0 aliphatic carbocycles. The van der Waals surface area contributed by atoms with Gasteiger partial charge in [0.05, 0.1) is 0 Å². The zero-order chi connectivity index (χ0) is 19.5. The number of rotatable bonds is 4. The molecule has 2 fully saturated rings. The van der Waals surface area contributed by atoms with Gasteiger partial charge in [-0.25, -0.2) is 4.39 Å². The molecular formula is C23H28FN3S. The van der Waals surface area contributed by atoms with Crippen molar-refractivity contribution in [1.29, 1.82) is 0 Å². The van der Waals surface area contributed by atoms with Crippen LogP contribution >= 0.6 is 12.2 Å². The number of aryl methyl sites for hydroxylation is 1. The van der Waals surface area contributed by atoms with Crippen molar-refractivity contribution in [3.63, 3.8) is 0 Å². The fraction of sp³-hybridized carbons (Fsp3) is 0.435. The van der Waals surface area contributed by atoms with Crippen LogP contribution in [0.1, 0.15) is 43.2 Å². The molecule has 2 heterocycles. The van der Waals surface area contributed by atoms with E-state index >= 15 is 0 Å². The van der Waals surface area contributed by atoms with E-state index in [9.17, 15) is 4.39 Å². The van der Waals surface area contributed by atoms with Crippen LogP contribution in [0, 0.1) is 12.7 Å².